The van der Waals surface area contributed by atoms with Crippen LogP contribution in [-0.2, 0) is 40.5 Å². The predicted molar refractivity (Wildman–Crippen MR) is 162 cm³/mol. The Labute approximate surface area is 257 Å². The number of carbonyl (C=O) groups is 1. The van der Waals surface area contributed by atoms with Gasteiger partial charge in [0.2, 0.25) is 0 Å². The topological polar surface area (TPSA) is 124 Å². The maximum Gasteiger partial charge on any atom is 0.530 e. The van der Waals surface area contributed by atoms with E-state index in [4.69, 9.17) is 23.0 Å². The molecule has 2 aromatic rings. The maximum atomic E-state index is 15.6. The molecule has 3 heterocycles. The number of phosphoric acid groups is 1. The number of ether oxygens (including phenoxy) is 2. The highest BCUT2D eigenvalue weighted by Crippen LogP contribution is 2.58. The summed E-state index contributed by atoms with van der Waals surface area (Å²) in [4.78, 5) is 38.7. The second-order valence-corrected chi connectivity index (χ2v) is 16.3. The molecule has 0 amide bonds. The largest absolute Gasteiger partial charge is 0.530 e. The number of phosphoric ester groups is 1. The van der Waals surface area contributed by atoms with Gasteiger partial charge in [0, 0.05) is 17.3 Å². The Hall–Kier alpha value is -2.79. The highest BCUT2D eigenvalue weighted by molar-refractivity contribution is 7.49. The maximum absolute atomic E-state index is 15.6. The van der Waals surface area contributed by atoms with Crippen LogP contribution in [0.1, 0.15) is 104 Å². The summed E-state index contributed by atoms with van der Waals surface area (Å²) in [6.45, 7) is 19.4. The summed E-state index contributed by atoms with van der Waals surface area (Å²) in [6, 6.07) is 1.76. The fourth-order valence-corrected chi connectivity index (χ4v) is 6.39. The fourth-order valence-electron chi connectivity index (χ4n) is 5.16. The van der Waals surface area contributed by atoms with Gasteiger partial charge in [0.1, 0.15) is 23.4 Å². The van der Waals surface area contributed by atoms with Crippen LogP contribution in [-0.4, -0.2) is 33.5 Å². The van der Waals surface area contributed by atoms with E-state index in [0.717, 1.165) is 0 Å². The molecular formula is C31H44FN2O9P. The Bertz CT molecular complexity index is 1630. The molecule has 4 atom stereocenters. The van der Waals surface area contributed by atoms with Crippen LogP contribution < -0.4 is 15.8 Å². The molecule has 4 rings (SSSR count). The number of halogens is 1. The van der Waals surface area contributed by atoms with Crippen LogP contribution in [0.25, 0.3) is 0 Å². The normalized spacial score (nSPS) is 24.1. The summed E-state index contributed by atoms with van der Waals surface area (Å²) in [6.07, 6.45) is -0.889. The molecule has 0 saturated carbocycles. The van der Waals surface area contributed by atoms with Crippen molar-refractivity contribution >= 4 is 13.9 Å². The van der Waals surface area contributed by atoms with Crippen LogP contribution in [0.4, 0.5) is 9.18 Å². The lowest BCUT2D eigenvalue weighted by Gasteiger charge is -2.33. The third kappa shape index (κ3) is 6.88. The van der Waals surface area contributed by atoms with Crippen molar-refractivity contribution in [2.45, 2.75) is 118 Å². The monoisotopic (exact) mass is 638 g/mol. The van der Waals surface area contributed by atoms with E-state index in [9.17, 15) is 18.9 Å². The lowest BCUT2D eigenvalue weighted by molar-refractivity contribution is -0.0336. The van der Waals surface area contributed by atoms with Crippen LogP contribution >= 0.6 is 7.82 Å². The molecular weight excluding hydrogens is 594 g/mol. The van der Waals surface area contributed by atoms with Gasteiger partial charge in [-0.15, -0.1) is 0 Å². The van der Waals surface area contributed by atoms with Gasteiger partial charge in [-0.3, -0.25) is 18.4 Å². The zero-order chi connectivity index (χ0) is 33.2. The van der Waals surface area contributed by atoms with Gasteiger partial charge >= 0.3 is 19.6 Å². The highest BCUT2D eigenvalue weighted by Gasteiger charge is 2.43. The first-order chi connectivity index (χ1) is 20.0. The predicted octanol–water partition coefficient (Wildman–Crippen LogP) is 6.49. The number of benzene rings is 1. The van der Waals surface area contributed by atoms with Crippen molar-refractivity contribution in [1.82, 2.24) is 9.13 Å². The quantitative estimate of drug-likeness (QED) is 0.346. The minimum absolute atomic E-state index is 0.148. The summed E-state index contributed by atoms with van der Waals surface area (Å²) in [5, 5.41) is 0. The Morgan fingerprint density at radius 1 is 1.07 bits per heavy atom. The first kappa shape index (κ1) is 34.1. The summed E-state index contributed by atoms with van der Waals surface area (Å²) in [7, 11) is -4.18. The standard InChI is InChI=1S/C31H44FN2O9P/c1-17-12-23(33-14-18(2)26(35)34(27(33)36)28(37)42-31(9,10)11)41-22(17)16-40-44(38)39-15-19-24(32)20(29(3,4)5)13-21(25(19)43-44)30(6,7)8/h13-14,17,22-23H,12,15-16H2,1-11H3. The number of nitrogens with zero attached hydrogens (tertiary/aromatic N) is 2. The van der Waals surface area contributed by atoms with Crippen LogP contribution in [0.15, 0.2) is 21.9 Å². The molecule has 0 bridgehead atoms. The Balaban J connectivity index is 1.56. The number of hydrogen-bond acceptors (Lipinski definition) is 9. The molecule has 1 aromatic carbocycles. The van der Waals surface area contributed by atoms with E-state index in [0.29, 0.717) is 22.1 Å². The molecule has 13 heteroatoms. The molecule has 1 saturated heterocycles. The van der Waals surface area contributed by atoms with E-state index in [1.165, 1.54) is 17.7 Å². The van der Waals surface area contributed by atoms with E-state index >= 15 is 4.39 Å². The third-order valence-electron chi connectivity index (χ3n) is 7.60. The lowest BCUT2D eigenvalue weighted by atomic mass is 9.78. The van der Waals surface area contributed by atoms with Gasteiger partial charge in [0.15, 0.2) is 0 Å². The van der Waals surface area contributed by atoms with Crippen molar-refractivity contribution in [2.24, 2.45) is 5.92 Å². The van der Waals surface area contributed by atoms with E-state index in [2.05, 4.69) is 0 Å². The Kier molecular flexibility index (Phi) is 8.94. The molecule has 11 nitrogen and oxygen atoms in total. The van der Waals surface area contributed by atoms with Gasteiger partial charge < -0.3 is 14.0 Å². The molecule has 0 radical (unpaired) electrons. The first-order valence-corrected chi connectivity index (χ1v) is 16.2. The zero-order valence-electron chi connectivity index (χ0n) is 27.4. The van der Waals surface area contributed by atoms with Gasteiger partial charge in [-0.2, -0.15) is 4.57 Å². The fraction of sp³-hybridized carbons (Fsp3) is 0.645. The zero-order valence-corrected chi connectivity index (χ0v) is 28.3. The van der Waals surface area contributed by atoms with Crippen LogP contribution in [0.3, 0.4) is 0 Å². The van der Waals surface area contributed by atoms with Crippen molar-refractivity contribution < 1.29 is 36.8 Å². The van der Waals surface area contributed by atoms with Crippen molar-refractivity contribution in [1.29, 1.82) is 0 Å². The molecule has 44 heavy (non-hydrogen) atoms. The van der Waals surface area contributed by atoms with Gasteiger partial charge in [0.25, 0.3) is 5.56 Å². The molecule has 0 spiro atoms. The van der Waals surface area contributed by atoms with Gasteiger partial charge in [0.05, 0.1) is 24.9 Å². The van der Waals surface area contributed by atoms with E-state index in [1.807, 2.05) is 48.5 Å². The molecule has 4 unspecified atom stereocenters. The SMILES string of the molecule is Cc1cn(C2CC(C)C(COP3(=O)OCc4c(F)c(C(C)(C)C)cc(C(C)(C)C)c4O3)O2)c(=O)n(C(=O)OC(C)(C)C)c1=O. The molecule has 0 N–H and O–H groups in total. The van der Waals surface area contributed by atoms with Gasteiger partial charge in [-0.25, -0.2) is 18.5 Å². The number of aryl methyl sites for hydroxylation is 1. The molecule has 1 fully saturated rings. The van der Waals surface area contributed by atoms with Gasteiger partial charge in [-0.1, -0.05) is 48.5 Å². The Morgan fingerprint density at radius 3 is 2.25 bits per heavy atom. The van der Waals surface area contributed by atoms with Crippen molar-refractivity contribution in [3.63, 3.8) is 0 Å². The van der Waals surface area contributed by atoms with Crippen LogP contribution in [0.5, 0.6) is 5.75 Å². The summed E-state index contributed by atoms with van der Waals surface area (Å²) < 4.78 is 59.3. The summed E-state index contributed by atoms with van der Waals surface area (Å²) >= 11 is 0. The van der Waals surface area contributed by atoms with Crippen molar-refractivity contribution in [3.05, 3.63) is 61.2 Å². The second-order valence-electron chi connectivity index (χ2n) is 14.7. The van der Waals surface area contributed by atoms with E-state index < -0.39 is 59.7 Å². The van der Waals surface area contributed by atoms with Gasteiger partial charge in [-0.05, 0) is 62.5 Å². The average molecular weight is 639 g/mol. The minimum Gasteiger partial charge on any atom is -0.443 e. The van der Waals surface area contributed by atoms with Crippen LogP contribution in [0.2, 0.25) is 0 Å². The number of hydrogen-bond donors (Lipinski definition) is 0. The lowest BCUT2D eigenvalue weighted by Crippen LogP contribution is -2.47. The van der Waals surface area contributed by atoms with Crippen molar-refractivity contribution in [3.8, 4) is 5.75 Å². The third-order valence-corrected chi connectivity index (χ3v) is 8.92. The molecule has 0 aliphatic carbocycles. The average Bonchev–Trinajstić information content (AvgIpc) is 3.22. The molecule has 2 aliphatic rings. The summed E-state index contributed by atoms with van der Waals surface area (Å²) in [5.41, 5.74) is -2.01. The first-order valence-electron chi connectivity index (χ1n) is 14.7. The summed E-state index contributed by atoms with van der Waals surface area (Å²) in [5.74, 6) is -0.493. The van der Waals surface area contributed by atoms with Crippen molar-refractivity contribution in [2.75, 3.05) is 6.61 Å². The molecule has 2 aliphatic heterocycles. The van der Waals surface area contributed by atoms with E-state index in [1.54, 1.807) is 26.8 Å². The number of rotatable bonds is 4. The number of carbonyl (C=O) groups excluding carboxylic acids is 1. The molecule has 244 valence electrons. The minimum atomic E-state index is -4.18. The highest BCUT2D eigenvalue weighted by atomic mass is 31.2. The molecule has 1 aromatic heterocycles. The second kappa shape index (κ2) is 11.5. The number of fused-ring (bicyclic) bond motifs is 1. The Morgan fingerprint density at radius 2 is 1.68 bits per heavy atom. The number of aromatic nitrogens is 2. The van der Waals surface area contributed by atoms with Crippen LogP contribution in [0, 0.1) is 18.7 Å². The van der Waals surface area contributed by atoms with E-state index in [-0.39, 0.29) is 36.0 Å². The smallest absolute Gasteiger partial charge is 0.443 e.